The second-order valence-corrected chi connectivity index (χ2v) is 5.49. The Hall–Kier alpha value is -0.130. The maximum absolute atomic E-state index is 11.3. The number of hydrogen-bond acceptors (Lipinski definition) is 3. The quantitative estimate of drug-likeness (QED) is 0.678. The lowest BCUT2D eigenvalue weighted by atomic mass is 9.91. The fourth-order valence-electron chi connectivity index (χ4n) is 1.33. The molecule has 0 aromatic heterocycles. The molecule has 5 heteroatoms. The third-order valence-electron chi connectivity index (χ3n) is 2.23. The summed E-state index contributed by atoms with van der Waals surface area (Å²) in [6.45, 7) is 1.96. The van der Waals surface area contributed by atoms with E-state index >= 15 is 0 Å². The van der Waals surface area contributed by atoms with E-state index < -0.39 is 10.0 Å². The molecule has 0 radical (unpaired) electrons. The zero-order chi connectivity index (χ0) is 9.90. The van der Waals surface area contributed by atoms with Crippen molar-refractivity contribution >= 4 is 10.0 Å². The topological polar surface area (TPSA) is 66.4 Å². The number of rotatable bonds is 5. The highest BCUT2D eigenvalue weighted by atomic mass is 32.2. The van der Waals surface area contributed by atoms with Crippen LogP contribution in [-0.4, -0.2) is 31.4 Å². The minimum absolute atomic E-state index is 0.0307. The lowest BCUT2D eigenvalue weighted by molar-refractivity contribution is 0.0712. The second-order valence-electron chi connectivity index (χ2n) is 3.61. The highest BCUT2D eigenvalue weighted by Gasteiger charge is 2.30. The first kappa shape index (κ1) is 10.9. The summed E-state index contributed by atoms with van der Waals surface area (Å²) in [7, 11) is -3.09. The molecule has 0 saturated heterocycles. The van der Waals surface area contributed by atoms with Crippen molar-refractivity contribution < 1.29 is 13.5 Å². The van der Waals surface area contributed by atoms with Gasteiger partial charge in [-0.2, -0.15) is 0 Å². The first-order valence-corrected chi connectivity index (χ1v) is 6.37. The van der Waals surface area contributed by atoms with Crippen LogP contribution in [0.1, 0.15) is 32.6 Å². The average molecular weight is 207 g/mol. The largest absolute Gasteiger partial charge is 0.393 e. The van der Waals surface area contributed by atoms with Crippen molar-refractivity contribution in [2.75, 3.05) is 5.75 Å². The highest BCUT2D eigenvalue weighted by molar-refractivity contribution is 7.89. The number of aliphatic hydroxyl groups is 1. The van der Waals surface area contributed by atoms with Gasteiger partial charge in [-0.15, -0.1) is 0 Å². The Morgan fingerprint density at radius 1 is 1.46 bits per heavy atom. The van der Waals surface area contributed by atoms with Crippen molar-refractivity contribution in [3.8, 4) is 0 Å². The molecule has 13 heavy (non-hydrogen) atoms. The van der Waals surface area contributed by atoms with Crippen molar-refractivity contribution in [2.24, 2.45) is 0 Å². The zero-order valence-electron chi connectivity index (χ0n) is 7.86. The first-order chi connectivity index (χ1) is 6.03. The number of nitrogens with one attached hydrogen (secondary N) is 1. The molecule has 1 rings (SSSR count). The van der Waals surface area contributed by atoms with Gasteiger partial charge in [0, 0.05) is 6.04 Å². The Morgan fingerprint density at radius 3 is 2.54 bits per heavy atom. The summed E-state index contributed by atoms with van der Waals surface area (Å²) in [6, 6.07) is -0.0307. The van der Waals surface area contributed by atoms with Crippen LogP contribution in [0.3, 0.4) is 0 Å². The van der Waals surface area contributed by atoms with Crippen molar-refractivity contribution in [2.45, 2.75) is 44.8 Å². The lowest BCUT2D eigenvalue weighted by Crippen LogP contribution is -2.47. The van der Waals surface area contributed by atoms with E-state index in [9.17, 15) is 8.42 Å². The van der Waals surface area contributed by atoms with Gasteiger partial charge in [-0.1, -0.05) is 13.3 Å². The van der Waals surface area contributed by atoms with Gasteiger partial charge < -0.3 is 5.11 Å². The fraction of sp³-hybridized carbons (Fsp3) is 1.00. The molecule has 0 spiro atoms. The van der Waals surface area contributed by atoms with Gasteiger partial charge in [0.2, 0.25) is 10.0 Å². The predicted molar refractivity (Wildman–Crippen MR) is 50.9 cm³/mol. The van der Waals surface area contributed by atoms with Gasteiger partial charge in [0.05, 0.1) is 11.9 Å². The van der Waals surface area contributed by atoms with Crippen molar-refractivity contribution in [3.05, 3.63) is 0 Å². The second kappa shape index (κ2) is 4.39. The predicted octanol–water partition coefficient (Wildman–Crippen LogP) is 0.229. The average Bonchev–Trinajstić information content (AvgIpc) is 1.98. The van der Waals surface area contributed by atoms with Crippen molar-refractivity contribution in [1.29, 1.82) is 0 Å². The summed E-state index contributed by atoms with van der Waals surface area (Å²) in [5.41, 5.74) is 0. The first-order valence-electron chi connectivity index (χ1n) is 4.71. The summed E-state index contributed by atoms with van der Waals surface area (Å²) in [5, 5.41) is 8.96. The minimum Gasteiger partial charge on any atom is -0.393 e. The van der Waals surface area contributed by atoms with Crippen LogP contribution in [0.25, 0.3) is 0 Å². The van der Waals surface area contributed by atoms with E-state index in [1.54, 1.807) is 0 Å². The standard InChI is InChI=1S/C8H17NO3S/c1-2-3-4-13(11,12)9-7-5-8(10)6-7/h7-10H,2-6H2,1H3. The molecular formula is C8H17NO3S. The number of hydrogen-bond donors (Lipinski definition) is 2. The van der Waals surface area contributed by atoms with Crippen LogP contribution in [0, 0.1) is 0 Å². The van der Waals surface area contributed by atoms with Crippen LogP contribution < -0.4 is 4.72 Å². The van der Waals surface area contributed by atoms with Gasteiger partial charge >= 0.3 is 0 Å². The van der Waals surface area contributed by atoms with Gasteiger partial charge in [0.25, 0.3) is 0 Å². The van der Waals surface area contributed by atoms with E-state index in [4.69, 9.17) is 5.11 Å². The van der Waals surface area contributed by atoms with Crippen LogP contribution in [0.2, 0.25) is 0 Å². The molecule has 2 N–H and O–H groups in total. The molecule has 0 aromatic rings. The monoisotopic (exact) mass is 207 g/mol. The molecule has 78 valence electrons. The molecule has 0 unspecified atom stereocenters. The van der Waals surface area contributed by atoms with Crippen LogP contribution in [0.4, 0.5) is 0 Å². The third kappa shape index (κ3) is 3.62. The van der Waals surface area contributed by atoms with E-state index in [1.807, 2.05) is 6.92 Å². The summed E-state index contributed by atoms with van der Waals surface area (Å²) in [5.74, 6) is 0.204. The van der Waals surface area contributed by atoms with E-state index in [1.165, 1.54) is 0 Å². The molecule has 0 aromatic carbocycles. The highest BCUT2D eigenvalue weighted by Crippen LogP contribution is 2.20. The molecule has 1 aliphatic carbocycles. The van der Waals surface area contributed by atoms with Crippen LogP contribution >= 0.6 is 0 Å². The normalized spacial score (nSPS) is 28.5. The molecule has 0 bridgehead atoms. The molecule has 0 amide bonds. The Labute approximate surface area is 79.4 Å². The van der Waals surface area contributed by atoms with Crippen LogP contribution in [-0.2, 0) is 10.0 Å². The van der Waals surface area contributed by atoms with Crippen LogP contribution in [0.5, 0.6) is 0 Å². The number of sulfonamides is 1. The Bertz CT molecular complexity index is 244. The van der Waals surface area contributed by atoms with Gasteiger partial charge in [-0.05, 0) is 19.3 Å². The third-order valence-corrected chi connectivity index (χ3v) is 3.74. The van der Waals surface area contributed by atoms with Crippen molar-refractivity contribution in [1.82, 2.24) is 4.72 Å². The molecule has 1 aliphatic rings. The van der Waals surface area contributed by atoms with E-state index in [0.29, 0.717) is 19.3 Å². The summed E-state index contributed by atoms with van der Waals surface area (Å²) < 4.78 is 25.2. The van der Waals surface area contributed by atoms with E-state index in [0.717, 1.165) is 6.42 Å². The van der Waals surface area contributed by atoms with E-state index in [-0.39, 0.29) is 17.9 Å². The van der Waals surface area contributed by atoms with Crippen LogP contribution in [0.15, 0.2) is 0 Å². The van der Waals surface area contributed by atoms with Gasteiger partial charge in [-0.3, -0.25) is 0 Å². The summed E-state index contributed by atoms with van der Waals surface area (Å²) in [4.78, 5) is 0. The Kier molecular flexibility index (Phi) is 3.70. The Morgan fingerprint density at radius 2 is 2.08 bits per heavy atom. The number of aliphatic hydroxyl groups excluding tert-OH is 1. The maximum Gasteiger partial charge on any atom is 0.211 e. The molecule has 0 atom stereocenters. The lowest BCUT2D eigenvalue weighted by Gasteiger charge is -2.31. The van der Waals surface area contributed by atoms with Crippen molar-refractivity contribution in [3.63, 3.8) is 0 Å². The smallest absolute Gasteiger partial charge is 0.211 e. The Balaban J connectivity index is 2.26. The molecule has 1 fully saturated rings. The SMILES string of the molecule is CCCCS(=O)(=O)NC1CC(O)C1. The summed E-state index contributed by atoms with van der Waals surface area (Å²) in [6.07, 6.45) is 2.40. The molecule has 0 heterocycles. The van der Waals surface area contributed by atoms with E-state index in [2.05, 4.69) is 4.72 Å². The maximum atomic E-state index is 11.3. The zero-order valence-corrected chi connectivity index (χ0v) is 8.68. The summed E-state index contributed by atoms with van der Waals surface area (Å²) >= 11 is 0. The molecule has 0 aliphatic heterocycles. The fourth-order valence-corrected chi connectivity index (χ4v) is 2.82. The number of unbranched alkanes of at least 4 members (excludes halogenated alkanes) is 1. The minimum atomic E-state index is -3.09. The van der Waals surface area contributed by atoms with Gasteiger partial charge in [0.15, 0.2) is 0 Å². The van der Waals surface area contributed by atoms with Gasteiger partial charge in [-0.25, -0.2) is 13.1 Å². The van der Waals surface area contributed by atoms with Gasteiger partial charge in [0.1, 0.15) is 0 Å². The molecule has 4 nitrogen and oxygen atoms in total. The molecular weight excluding hydrogens is 190 g/mol. The molecule has 1 saturated carbocycles.